The van der Waals surface area contributed by atoms with E-state index in [0.29, 0.717) is 12.5 Å². The second-order valence-corrected chi connectivity index (χ2v) is 3.48. The SMILES string of the molecule is CC(C)C1CNC(=O)CC1O. The zero-order chi connectivity index (χ0) is 8.43. The molecule has 2 unspecified atom stereocenters. The molecule has 3 heteroatoms. The van der Waals surface area contributed by atoms with Crippen LogP contribution in [0, 0.1) is 11.8 Å². The Morgan fingerprint density at radius 2 is 2.27 bits per heavy atom. The maximum atomic E-state index is 10.8. The summed E-state index contributed by atoms with van der Waals surface area (Å²) >= 11 is 0. The number of hydrogen-bond acceptors (Lipinski definition) is 2. The van der Waals surface area contributed by atoms with Crippen LogP contribution < -0.4 is 5.32 Å². The Morgan fingerprint density at radius 1 is 1.64 bits per heavy atom. The van der Waals surface area contributed by atoms with Gasteiger partial charge in [-0.1, -0.05) is 13.8 Å². The van der Waals surface area contributed by atoms with E-state index >= 15 is 0 Å². The highest BCUT2D eigenvalue weighted by Gasteiger charge is 2.29. The lowest BCUT2D eigenvalue weighted by Crippen LogP contribution is -2.45. The zero-order valence-corrected chi connectivity index (χ0v) is 7.00. The van der Waals surface area contributed by atoms with Crippen molar-refractivity contribution >= 4 is 5.91 Å². The molecule has 1 rings (SSSR count). The lowest BCUT2D eigenvalue weighted by Gasteiger charge is -2.30. The summed E-state index contributed by atoms with van der Waals surface area (Å²) in [6.07, 6.45) is -0.174. The Labute approximate surface area is 66.8 Å². The first-order valence-corrected chi connectivity index (χ1v) is 4.06. The average molecular weight is 157 g/mol. The van der Waals surface area contributed by atoms with Crippen LogP contribution in [0.2, 0.25) is 0 Å². The quantitative estimate of drug-likeness (QED) is 0.569. The Morgan fingerprint density at radius 3 is 2.73 bits per heavy atom. The third-order valence-corrected chi connectivity index (χ3v) is 2.28. The van der Waals surface area contributed by atoms with E-state index in [0.717, 1.165) is 0 Å². The Hall–Kier alpha value is -0.570. The highest BCUT2D eigenvalue weighted by Crippen LogP contribution is 2.19. The summed E-state index contributed by atoms with van der Waals surface area (Å²) in [5, 5.41) is 12.2. The van der Waals surface area contributed by atoms with Gasteiger partial charge in [-0.3, -0.25) is 4.79 Å². The standard InChI is InChI=1S/C8H15NO2/c1-5(2)6-4-9-8(11)3-7(6)10/h5-7,10H,3-4H2,1-2H3,(H,9,11). The fourth-order valence-electron chi connectivity index (χ4n) is 1.46. The molecule has 1 fully saturated rings. The summed E-state index contributed by atoms with van der Waals surface area (Å²) in [7, 11) is 0. The van der Waals surface area contributed by atoms with Crippen molar-refractivity contribution in [3.8, 4) is 0 Å². The lowest BCUT2D eigenvalue weighted by molar-refractivity contribution is -0.127. The molecule has 0 bridgehead atoms. The number of carbonyl (C=O) groups is 1. The van der Waals surface area contributed by atoms with Gasteiger partial charge in [0.1, 0.15) is 0 Å². The normalized spacial score (nSPS) is 32.2. The molecular weight excluding hydrogens is 142 g/mol. The Bertz CT molecular complexity index is 156. The van der Waals surface area contributed by atoms with Gasteiger partial charge in [0.25, 0.3) is 0 Å². The van der Waals surface area contributed by atoms with E-state index in [1.54, 1.807) is 0 Å². The molecule has 2 N–H and O–H groups in total. The van der Waals surface area contributed by atoms with Gasteiger partial charge < -0.3 is 10.4 Å². The largest absolute Gasteiger partial charge is 0.392 e. The van der Waals surface area contributed by atoms with E-state index in [2.05, 4.69) is 19.2 Å². The number of nitrogens with one attached hydrogen (secondary N) is 1. The van der Waals surface area contributed by atoms with Crippen LogP contribution in [-0.4, -0.2) is 23.7 Å². The molecule has 0 aliphatic carbocycles. The van der Waals surface area contributed by atoms with Crippen molar-refractivity contribution in [1.82, 2.24) is 5.32 Å². The summed E-state index contributed by atoms with van der Waals surface area (Å²) in [4.78, 5) is 10.8. The van der Waals surface area contributed by atoms with Crippen molar-refractivity contribution in [2.75, 3.05) is 6.54 Å². The molecular formula is C8H15NO2. The first-order chi connectivity index (χ1) is 5.11. The molecule has 0 aromatic heterocycles. The van der Waals surface area contributed by atoms with Crippen molar-refractivity contribution < 1.29 is 9.90 Å². The Balaban J connectivity index is 2.50. The van der Waals surface area contributed by atoms with Crippen LogP contribution in [0.5, 0.6) is 0 Å². The molecule has 11 heavy (non-hydrogen) atoms. The van der Waals surface area contributed by atoms with E-state index in [4.69, 9.17) is 0 Å². The summed E-state index contributed by atoms with van der Waals surface area (Å²) in [6.45, 7) is 4.74. The molecule has 2 atom stereocenters. The second kappa shape index (κ2) is 3.22. The number of aliphatic hydroxyl groups excluding tert-OH is 1. The molecule has 1 heterocycles. The predicted octanol–water partition coefficient (Wildman–Crippen LogP) is 0.139. The van der Waals surface area contributed by atoms with E-state index in [9.17, 15) is 9.90 Å². The topological polar surface area (TPSA) is 49.3 Å². The summed E-state index contributed by atoms with van der Waals surface area (Å²) in [5.74, 6) is 0.632. The van der Waals surface area contributed by atoms with Gasteiger partial charge >= 0.3 is 0 Å². The molecule has 0 radical (unpaired) electrons. The summed E-state index contributed by atoms with van der Waals surface area (Å²) in [5.41, 5.74) is 0. The molecule has 1 saturated heterocycles. The number of piperidine rings is 1. The molecule has 0 aromatic rings. The third kappa shape index (κ3) is 1.93. The van der Waals surface area contributed by atoms with Crippen LogP contribution in [0.1, 0.15) is 20.3 Å². The fraction of sp³-hybridized carbons (Fsp3) is 0.875. The van der Waals surface area contributed by atoms with Gasteiger partial charge in [0, 0.05) is 12.5 Å². The van der Waals surface area contributed by atoms with E-state index in [1.165, 1.54) is 0 Å². The van der Waals surface area contributed by atoms with E-state index < -0.39 is 6.10 Å². The van der Waals surface area contributed by atoms with Crippen molar-refractivity contribution in [2.45, 2.75) is 26.4 Å². The third-order valence-electron chi connectivity index (χ3n) is 2.28. The summed E-state index contributed by atoms with van der Waals surface area (Å²) in [6, 6.07) is 0. The Kier molecular flexibility index (Phi) is 2.49. The second-order valence-electron chi connectivity index (χ2n) is 3.48. The minimum atomic E-state index is -0.441. The van der Waals surface area contributed by atoms with Crippen LogP contribution in [-0.2, 0) is 4.79 Å². The van der Waals surface area contributed by atoms with Gasteiger partial charge in [-0.05, 0) is 5.92 Å². The minimum absolute atomic E-state index is 0.0330. The monoisotopic (exact) mass is 157 g/mol. The average Bonchev–Trinajstić information content (AvgIpc) is 1.85. The number of carbonyl (C=O) groups excluding carboxylic acids is 1. The highest BCUT2D eigenvalue weighted by atomic mass is 16.3. The maximum absolute atomic E-state index is 10.8. The fourth-order valence-corrected chi connectivity index (χ4v) is 1.46. The van der Waals surface area contributed by atoms with Crippen LogP contribution in [0.4, 0.5) is 0 Å². The number of amides is 1. The first-order valence-electron chi connectivity index (χ1n) is 4.06. The molecule has 0 aromatic carbocycles. The van der Waals surface area contributed by atoms with Crippen molar-refractivity contribution in [3.05, 3.63) is 0 Å². The molecule has 0 spiro atoms. The lowest BCUT2D eigenvalue weighted by atomic mass is 9.86. The van der Waals surface area contributed by atoms with Gasteiger partial charge in [-0.25, -0.2) is 0 Å². The van der Waals surface area contributed by atoms with Gasteiger partial charge in [-0.15, -0.1) is 0 Å². The van der Waals surface area contributed by atoms with Crippen molar-refractivity contribution in [1.29, 1.82) is 0 Å². The van der Waals surface area contributed by atoms with Crippen LogP contribution >= 0.6 is 0 Å². The predicted molar refractivity (Wildman–Crippen MR) is 42.0 cm³/mol. The first kappa shape index (κ1) is 8.53. The van der Waals surface area contributed by atoms with Crippen molar-refractivity contribution in [2.24, 2.45) is 11.8 Å². The zero-order valence-electron chi connectivity index (χ0n) is 7.00. The minimum Gasteiger partial charge on any atom is -0.392 e. The van der Waals surface area contributed by atoms with E-state index in [-0.39, 0.29) is 18.2 Å². The highest BCUT2D eigenvalue weighted by molar-refractivity contribution is 5.77. The molecule has 3 nitrogen and oxygen atoms in total. The molecule has 0 saturated carbocycles. The van der Waals surface area contributed by atoms with Gasteiger partial charge in [0.2, 0.25) is 5.91 Å². The van der Waals surface area contributed by atoms with Crippen molar-refractivity contribution in [3.63, 3.8) is 0 Å². The molecule has 1 aliphatic rings. The maximum Gasteiger partial charge on any atom is 0.222 e. The van der Waals surface area contributed by atoms with Gasteiger partial charge in [-0.2, -0.15) is 0 Å². The van der Waals surface area contributed by atoms with Gasteiger partial charge in [0.05, 0.1) is 12.5 Å². The summed E-state index contributed by atoms with van der Waals surface area (Å²) < 4.78 is 0. The number of hydrogen-bond donors (Lipinski definition) is 2. The smallest absolute Gasteiger partial charge is 0.222 e. The van der Waals surface area contributed by atoms with Crippen LogP contribution in [0.3, 0.4) is 0 Å². The number of rotatable bonds is 1. The molecule has 1 aliphatic heterocycles. The molecule has 64 valence electrons. The van der Waals surface area contributed by atoms with E-state index in [1.807, 2.05) is 0 Å². The number of aliphatic hydroxyl groups is 1. The van der Waals surface area contributed by atoms with Gasteiger partial charge in [0.15, 0.2) is 0 Å². The molecule has 1 amide bonds. The van der Waals surface area contributed by atoms with Crippen LogP contribution in [0.25, 0.3) is 0 Å². The van der Waals surface area contributed by atoms with Crippen LogP contribution in [0.15, 0.2) is 0 Å².